The van der Waals surface area contributed by atoms with Crippen LogP contribution in [0.25, 0.3) is 5.69 Å². The third-order valence-electron chi connectivity index (χ3n) is 3.11. The van der Waals surface area contributed by atoms with Gasteiger partial charge in [0.15, 0.2) is 5.69 Å². The summed E-state index contributed by atoms with van der Waals surface area (Å²) in [5.41, 5.74) is 6.65. The quantitative estimate of drug-likeness (QED) is 0.843. The van der Waals surface area contributed by atoms with Crippen LogP contribution in [0.15, 0.2) is 22.8 Å². The molecule has 0 spiro atoms. The Kier molecular flexibility index (Phi) is 4.00. The number of ether oxygens (including phenoxy) is 1. The van der Waals surface area contributed by atoms with Crippen LogP contribution in [-0.2, 0) is 4.74 Å². The fourth-order valence-corrected chi connectivity index (χ4v) is 2.44. The summed E-state index contributed by atoms with van der Waals surface area (Å²) in [6.07, 6.45) is 1.39. The van der Waals surface area contributed by atoms with Crippen LogP contribution in [0.5, 0.6) is 0 Å². The van der Waals surface area contributed by atoms with E-state index in [0.29, 0.717) is 15.7 Å². The average Bonchev–Trinajstić information content (AvgIpc) is 2.80. The maximum absolute atomic E-state index is 14.0. The number of methoxy groups -OCH3 is 1. The maximum Gasteiger partial charge on any atom is 0.357 e. The highest BCUT2D eigenvalue weighted by molar-refractivity contribution is 9.10. The van der Waals surface area contributed by atoms with Gasteiger partial charge in [0.05, 0.1) is 28.5 Å². The Labute approximate surface area is 128 Å². The van der Waals surface area contributed by atoms with E-state index in [1.165, 1.54) is 23.9 Å². The second-order valence-corrected chi connectivity index (χ2v) is 5.14. The summed E-state index contributed by atoms with van der Waals surface area (Å²) in [6.45, 7) is 1.57. The van der Waals surface area contributed by atoms with Crippen molar-refractivity contribution in [2.75, 3.05) is 12.8 Å². The molecule has 108 valence electrons. The van der Waals surface area contributed by atoms with Gasteiger partial charge < -0.3 is 15.0 Å². The first-order valence-electron chi connectivity index (χ1n) is 5.86. The molecule has 1 heterocycles. The Morgan fingerprint density at radius 3 is 2.76 bits per heavy atom. The molecule has 2 N–H and O–H groups in total. The van der Waals surface area contributed by atoms with E-state index >= 15 is 0 Å². The number of hydrogen-bond acceptors (Lipinski definition) is 4. The lowest BCUT2D eigenvalue weighted by molar-refractivity contribution is 0.0593. The number of halogens is 2. The molecule has 0 amide bonds. The molecule has 0 bridgehead atoms. The topological polar surface area (TPSA) is 81.0 Å². The van der Waals surface area contributed by atoms with Crippen molar-refractivity contribution in [1.82, 2.24) is 4.57 Å². The zero-order chi connectivity index (χ0) is 15.7. The largest absolute Gasteiger partial charge is 0.464 e. The molecule has 7 heteroatoms. The summed E-state index contributed by atoms with van der Waals surface area (Å²) in [4.78, 5) is 11.9. The van der Waals surface area contributed by atoms with E-state index < -0.39 is 11.8 Å². The first-order valence-corrected chi connectivity index (χ1v) is 6.65. The van der Waals surface area contributed by atoms with Gasteiger partial charge in [0.25, 0.3) is 0 Å². The Bertz CT molecular complexity index is 778. The van der Waals surface area contributed by atoms with Gasteiger partial charge >= 0.3 is 5.97 Å². The molecule has 2 aromatic rings. The van der Waals surface area contributed by atoms with Gasteiger partial charge in [0, 0.05) is 11.8 Å². The molecule has 0 unspecified atom stereocenters. The number of rotatable bonds is 2. The van der Waals surface area contributed by atoms with Crippen LogP contribution in [0.4, 0.5) is 10.1 Å². The number of benzene rings is 1. The molecule has 5 nitrogen and oxygen atoms in total. The number of nitriles is 1. The standard InChI is InChI=1S/C14H11BrFN3O2/c1-7-10(4-3-9(15)11(7)16)19-6-8(5-17)12(18)13(19)14(20)21-2/h3-4,6H,18H2,1-2H3. The fourth-order valence-electron chi connectivity index (χ4n) is 2.01. The summed E-state index contributed by atoms with van der Waals surface area (Å²) in [5.74, 6) is -1.15. The summed E-state index contributed by atoms with van der Waals surface area (Å²) < 4.78 is 20.4. The number of esters is 1. The molecule has 0 aliphatic heterocycles. The van der Waals surface area contributed by atoms with E-state index in [2.05, 4.69) is 20.7 Å². The number of carbonyl (C=O) groups excluding carboxylic acids is 1. The number of anilines is 1. The lowest BCUT2D eigenvalue weighted by atomic mass is 10.2. The van der Waals surface area contributed by atoms with Gasteiger partial charge in [-0.1, -0.05) is 0 Å². The third kappa shape index (κ3) is 2.38. The lowest BCUT2D eigenvalue weighted by Gasteiger charge is -2.12. The molecule has 21 heavy (non-hydrogen) atoms. The van der Waals surface area contributed by atoms with Crippen molar-refractivity contribution >= 4 is 27.6 Å². The van der Waals surface area contributed by atoms with Gasteiger partial charge in [-0.25, -0.2) is 9.18 Å². The van der Waals surface area contributed by atoms with Crippen LogP contribution < -0.4 is 5.73 Å². The number of nitrogen functional groups attached to an aromatic ring is 1. The van der Waals surface area contributed by atoms with Crippen molar-refractivity contribution in [3.05, 3.63) is 45.4 Å². The van der Waals surface area contributed by atoms with Gasteiger partial charge in [0.1, 0.15) is 11.9 Å². The highest BCUT2D eigenvalue weighted by Crippen LogP contribution is 2.29. The van der Waals surface area contributed by atoms with Crippen LogP contribution in [0.1, 0.15) is 21.6 Å². The summed E-state index contributed by atoms with van der Waals surface area (Å²) in [5, 5.41) is 9.05. The molecule has 1 aromatic carbocycles. The number of hydrogen-bond donors (Lipinski definition) is 1. The van der Waals surface area contributed by atoms with Crippen LogP contribution >= 0.6 is 15.9 Å². The molecular formula is C14H11BrFN3O2. The predicted octanol–water partition coefficient (Wildman–Crippen LogP) is 2.93. The van der Waals surface area contributed by atoms with Crippen molar-refractivity contribution in [3.8, 4) is 11.8 Å². The van der Waals surface area contributed by atoms with Gasteiger partial charge in [-0.2, -0.15) is 5.26 Å². The van der Waals surface area contributed by atoms with Crippen LogP contribution in [0.3, 0.4) is 0 Å². The molecule has 0 fully saturated rings. The monoisotopic (exact) mass is 351 g/mol. The molecule has 2 rings (SSSR count). The Morgan fingerprint density at radius 1 is 1.52 bits per heavy atom. The fraction of sp³-hybridized carbons (Fsp3) is 0.143. The second kappa shape index (κ2) is 5.58. The second-order valence-electron chi connectivity index (χ2n) is 4.28. The van der Waals surface area contributed by atoms with Crippen LogP contribution in [0, 0.1) is 24.1 Å². The van der Waals surface area contributed by atoms with E-state index in [0.717, 1.165) is 0 Å². The minimum Gasteiger partial charge on any atom is -0.464 e. The maximum atomic E-state index is 14.0. The molecule has 0 aliphatic rings. The lowest BCUT2D eigenvalue weighted by Crippen LogP contribution is -2.12. The van der Waals surface area contributed by atoms with E-state index in [4.69, 9.17) is 11.0 Å². The first-order chi connectivity index (χ1) is 9.92. The van der Waals surface area contributed by atoms with Gasteiger partial charge in [-0.05, 0) is 35.0 Å². The van der Waals surface area contributed by atoms with Crippen molar-refractivity contribution in [2.45, 2.75) is 6.92 Å². The SMILES string of the molecule is COC(=O)c1c(N)c(C#N)cn1-c1ccc(Br)c(F)c1C. The number of nitrogens with zero attached hydrogens (tertiary/aromatic N) is 2. The van der Waals surface area contributed by atoms with Gasteiger partial charge in [-0.15, -0.1) is 0 Å². The van der Waals surface area contributed by atoms with E-state index in [1.54, 1.807) is 13.0 Å². The molecule has 0 saturated heterocycles. The molecule has 0 saturated carbocycles. The molecule has 0 radical (unpaired) electrons. The number of aromatic nitrogens is 1. The summed E-state index contributed by atoms with van der Waals surface area (Å²) in [7, 11) is 1.21. The Balaban J connectivity index is 2.79. The summed E-state index contributed by atoms with van der Waals surface area (Å²) in [6, 6.07) is 5.03. The van der Waals surface area contributed by atoms with Gasteiger partial charge in [0.2, 0.25) is 0 Å². The smallest absolute Gasteiger partial charge is 0.357 e. The minimum absolute atomic E-state index is 0.00104. The zero-order valence-electron chi connectivity index (χ0n) is 11.3. The normalized spacial score (nSPS) is 10.2. The Morgan fingerprint density at radius 2 is 2.19 bits per heavy atom. The van der Waals surface area contributed by atoms with Crippen LogP contribution in [-0.4, -0.2) is 17.6 Å². The van der Waals surface area contributed by atoms with Crippen LogP contribution in [0.2, 0.25) is 0 Å². The van der Waals surface area contributed by atoms with Crippen molar-refractivity contribution in [3.63, 3.8) is 0 Å². The summed E-state index contributed by atoms with van der Waals surface area (Å²) >= 11 is 3.09. The minimum atomic E-state index is -0.697. The highest BCUT2D eigenvalue weighted by atomic mass is 79.9. The third-order valence-corrected chi connectivity index (χ3v) is 3.73. The first kappa shape index (κ1) is 15.1. The van der Waals surface area contributed by atoms with E-state index in [9.17, 15) is 9.18 Å². The van der Waals surface area contributed by atoms with E-state index in [-0.39, 0.29) is 16.9 Å². The highest BCUT2D eigenvalue weighted by Gasteiger charge is 2.23. The average molecular weight is 352 g/mol. The molecule has 0 atom stereocenters. The van der Waals surface area contributed by atoms with E-state index in [1.807, 2.05) is 6.07 Å². The zero-order valence-corrected chi connectivity index (χ0v) is 12.9. The predicted molar refractivity (Wildman–Crippen MR) is 78.6 cm³/mol. The van der Waals surface area contributed by atoms with Crippen molar-refractivity contribution in [2.24, 2.45) is 0 Å². The number of carbonyl (C=O) groups is 1. The number of nitrogens with two attached hydrogens (primary N) is 1. The van der Waals surface area contributed by atoms with Gasteiger partial charge in [-0.3, -0.25) is 0 Å². The molecule has 1 aromatic heterocycles. The van der Waals surface area contributed by atoms with Crippen molar-refractivity contribution in [1.29, 1.82) is 5.26 Å². The Hall–Kier alpha value is -2.33. The molecular weight excluding hydrogens is 341 g/mol. The van der Waals surface area contributed by atoms with Crippen molar-refractivity contribution < 1.29 is 13.9 Å². The molecule has 0 aliphatic carbocycles.